The van der Waals surface area contributed by atoms with E-state index in [9.17, 15) is 9.90 Å². The highest BCUT2D eigenvalue weighted by Gasteiger charge is 2.37. The van der Waals surface area contributed by atoms with E-state index in [1.165, 1.54) is 0 Å². The van der Waals surface area contributed by atoms with Crippen molar-refractivity contribution >= 4 is 23.3 Å². The minimum absolute atomic E-state index is 0.0553. The zero-order chi connectivity index (χ0) is 22.0. The van der Waals surface area contributed by atoms with Crippen molar-refractivity contribution in [1.29, 1.82) is 10.8 Å². The molecular formula is C23H27N5O3. The molecule has 31 heavy (non-hydrogen) atoms. The van der Waals surface area contributed by atoms with Crippen molar-refractivity contribution in [2.75, 3.05) is 24.5 Å². The van der Waals surface area contributed by atoms with Gasteiger partial charge < -0.3 is 25.4 Å². The van der Waals surface area contributed by atoms with Crippen molar-refractivity contribution in [2.45, 2.75) is 31.4 Å². The number of β-amino-alcohol motifs (C(OH)–C–C–N with tert-alkyl or cyclic N) is 1. The fourth-order valence-electron chi connectivity index (χ4n) is 4.16. The van der Waals surface area contributed by atoms with Gasteiger partial charge in [-0.15, -0.1) is 0 Å². The van der Waals surface area contributed by atoms with Crippen LogP contribution in [-0.4, -0.2) is 59.4 Å². The summed E-state index contributed by atoms with van der Waals surface area (Å²) in [5.41, 5.74) is 7.64. The molecule has 8 nitrogen and oxygen atoms in total. The molecule has 0 saturated carbocycles. The molecule has 2 atom stereocenters. The lowest BCUT2D eigenvalue weighted by Gasteiger charge is -2.25. The van der Waals surface area contributed by atoms with E-state index < -0.39 is 18.1 Å². The van der Waals surface area contributed by atoms with Gasteiger partial charge in [-0.3, -0.25) is 10.8 Å². The number of carbonyl (C=O) groups is 1. The zero-order valence-electron chi connectivity index (χ0n) is 17.3. The van der Waals surface area contributed by atoms with Crippen molar-refractivity contribution in [2.24, 2.45) is 5.73 Å². The Morgan fingerprint density at radius 3 is 2.45 bits per heavy atom. The van der Waals surface area contributed by atoms with Crippen molar-refractivity contribution in [3.63, 3.8) is 0 Å². The third kappa shape index (κ3) is 4.54. The standard InChI is InChI=1S/C23H27N5O3/c24-21(25)16-4-3-5-17(12-16)28-14-18(29)13-20(28)23(30)31-19-8-6-15(7-9-19)22(26)27-10-1-2-11-27/h3-9,12,18,20,26,29H,1-2,10-11,13-14H2,(H3,24,25)/t18-,20?/m1/s1. The molecule has 0 amide bonds. The van der Waals surface area contributed by atoms with Crippen LogP contribution < -0.4 is 15.4 Å². The summed E-state index contributed by atoms with van der Waals surface area (Å²) in [4.78, 5) is 16.7. The molecule has 8 heteroatoms. The fourth-order valence-corrected chi connectivity index (χ4v) is 4.16. The number of nitrogen functional groups attached to an aromatic ring is 1. The maximum Gasteiger partial charge on any atom is 0.334 e. The lowest BCUT2D eigenvalue weighted by Crippen LogP contribution is -2.39. The van der Waals surface area contributed by atoms with E-state index in [0.717, 1.165) is 31.5 Å². The van der Waals surface area contributed by atoms with Crippen LogP contribution in [0.3, 0.4) is 0 Å². The molecule has 162 valence electrons. The third-order valence-electron chi connectivity index (χ3n) is 5.81. The average Bonchev–Trinajstić information content (AvgIpc) is 3.44. The van der Waals surface area contributed by atoms with Gasteiger partial charge in [-0.05, 0) is 49.2 Å². The Labute approximate surface area is 181 Å². The smallest absolute Gasteiger partial charge is 0.334 e. The van der Waals surface area contributed by atoms with Gasteiger partial charge in [-0.2, -0.15) is 0 Å². The van der Waals surface area contributed by atoms with Crippen LogP contribution in [0.5, 0.6) is 5.75 Å². The molecule has 5 N–H and O–H groups in total. The largest absolute Gasteiger partial charge is 0.425 e. The highest BCUT2D eigenvalue weighted by molar-refractivity contribution is 5.97. The van der Waals surface area contributed by atoms with Gasteiger partial charge in [-0.25, -0.2) is 4.79 Å². The van der Waals surface area contributed by atoms with Crippen LogP contribution in [0.2, 0.25) is 0 Å². The minimum atomic E-state index is -0.651. The summed E-state index contributed by atoms with van der Waals surface area (Å²) in [5, 5.41) is 26.1. The van der Waals surface area contributed by atoms with Crippen molar-refractivity contribution in [3.05, 3.63) is 59.7 Å². The normalized spacial score (nSPS) is 20.7. The maximum atomic E-state index is 12.9. The lowest BCUT2D eigenvalue weighted by atomic mass is 10.1. The van der Waals surface area contributed by atoms with Gasteiger partial charge in [0, 0.05) is 42.9 Å². The van der Waals surface area contributed by atoms with E-state index in [1.807, 2.05) is 11.0 Å². The van der Waals surface area contributed by atoms with Crippen LogP contribution in [0.1, 0.15) is 30.4 Å². The molecule has 2 aliphatic rings. The Kier molecular flexibility index (Phi) is 5.90. The zero-order valence-corrected chi connectivity index (χ0v) is 17.3. The second-order valence-corrected chi connectivity index (χ2v) is 8.01. The van der Waals surface area contributed by atoms with Gasteiger partial charge in [-0.1, -0.05) is 12.1 Å². The number of aliphatic hydroxyl groups is 1. The summed E-state index contributed by atoms with van der Waals surface area (Å²) < 4.78 is 5.59. The van der Waals surface area contributed by atoms with Crippen molar-refractivity contribution < 1.29 is 14.6 Å². The second kappa shape index (κ2) is 8.77. The molecule has 2 aromatic carbocycles. The number of benzene rings is 2. The highest BCUT2D eigenvalue weighted by Crippen LogP contribution is 2.28. The van der Waals surface area contributed by atoms with Crippen LogP contribution in [0.4, 0.5) is 5.69 Å². The molecule has 0 aromatic heterocycles. The molecule has 4 rings (SSSR count). The van der Waals surface area contributed by atoms with Gasteiger partial charge in [0.05, 0.1) is 6.10 Å². The Hall–Kier alpha value is -3.39. The van der Waals surface area contributed by atoms with E-state index in [4.69, 9.17) is 21.3 Å². The summed E-state index contributed by atoms with van der Waals surface area (Å²) in [5.74, 6) is 0.389. The van der Waals surface area contributed by atoms with Gasteiger partial charge in [0.25, 0.3) is 0 Å². The van der Waals surface area contributed by atoms with E-state index in [1.54, 1.807) is 47.4 Å². The number of aliphatic hydroxyl groups excluding tert-OH is 1. The first kappa shape index (κ1) is 20.9. The minimum Gasteiger partial charge on any atom is -0.425 e. The van der Waals surface area contributed by atoms with Crippen LogP contribution in [0, 0.1) is 10.8 Å². The SMILES string of the molecule is N=C(N)c1cccc(N2C[C@H](O)CC2C(=O)Oc2ccc(C(=N)N3CCCC3)cc2)c1. The molecule has 0 bridgehead atoms. The molecule has 2 aliphatic heterocycles. The molecule has 2 aromatic rings. The summed E-state index contributed by atoms with van der Waals surface area (Å²) in [6.45, 7) is 2.10. The van der Waals surface area contributed by atoms with E-state index in [-0.39, 0.29) is 12.3 Å². The van der Waals surface area contributed by atoms with Gasteiger partial charge in [0.2, 0.25) is 0 Å². The van der Waals surface area contributed by atoms with Gasteiger partial charge in [0.1, 0.15) is 23.5 Å². The Morgan fingerprint density at radius 1 is 1.06 bits per heavy atom. The first-order valence-electron chi connectivity index (χ1n) is 10.5. The quantitative estimate of drug-likeness (QED) is 0.253. The number of amidine groups is 2. The number of hydrogen-bond acceptors (Lipinski definition) is 6. The monoisotopic (exact) mass is 421 g/mol. The summed E-state index contributed by atoms with van der Waals surface area (Å²) in [7, 11) is 0. The number of ether oxygens (including phenoxy) is 1. The van der Waals surface area contributed by atoms with Crippen LogP contribution in [-0.2, 0) is 4.79 Å². The Morgan fingerprint density at radius 2 is 1.77 bits per heavy atom. The van der Waals surface area contributed by atoms with E-state index >= 15 is 0 Å². The van der Waals surface area contributed by atoms with E-state index in [2.05, 4.69) is 0 Å². The first-order valence-corrected chi connectivity index (χ1v) is 10.5. The number of rotatable bonds is 5. The van der Waals surface area contributed by atoms with Gasteiger partial charge >= 0.3 is 5.97 Å². The lowest BCUT2D eigenvalue weighted by molar-refractivity contribution is -0.135. The second-order valence-electron chi connectivity index (χ2n) is 8.01. The summed E-state index contributed by atoms with van der Waals surface area (Å²) >= 11 is 0. The van der Waals surface area contributed by atoms with Crippen molar-refractivity contribution in [3.8, 4) is 5.75 Å². The predicted molar refractivity (Wildman–Crippen MR) is 119 cm³/mol. The van der Waals surface area contributed by atoms with Crippen LogP contribution in [0.25, 0.3) is 0 Å². The molecular weight excluding hydrogens is 394 g/mol. The Balaban J connectivity index is 1.46. The van der Waals surface area contributed by atoms with Crippen LogP contribution in [0.15, 0.2) is 48.5 Å². The molecule has 1 unspecified atom stereocenters. The third-order valence-corrected chi connectivity index (χ3v) is 5.81. The fraction of sp³-hybridized carbons (Fsp3) is 0.348. The highest BCUT2D eigenvalue weighted by atomic mass is 16.5. The Bertz CT molecular complexity index is 985. The number of nitrogens with zero attached hydrogens (tertiary/aromatic N) is 2. The predicted octanol–water partition coefficient (Wildman–Crippen LogP) is 1.94. The van der Waals surface area contributed by atoms with Gasteiger partial charge in [0.15, 0.2) is 0 Å². The average molecular weight is 422 g/mol. The molecule has 0 spiro atoms. The molecule has 2 saturated heterocycles. The molecule has 2 fully saturated rings. The number of nitrogens with two attached hydrogens (primary N) is 1. The topological polar surface area (TPSA) is 127 Å². The summed E-state index contributed by atoms with van der Waals surface area (Å²) in [6, 6.07) is 13.4. The number of esters is 1. The van der Waals surface area contributed by atoms with Crippen molar-refractivity contribution in [1.82, 2.24) is 4.90 Å². The number of likely N-dealkylation sites (tertiary alicyclic amines) is 1. The number of anilines is 1. The maximum absolute atomic E-state index is 12.9. The van der Waals surface area contributed by atoms with E-state index in [0.29, 0.717) is 29.4 Å². The molecule has 0 radical (unpaired) electrons. The number of nitrogens with one attached hydrogen (secondary N) is 2. The van der Waals surface area contributed by atoms with Crippen LogP contribution >= 0.6 is 0 Å². The summed E-state index contributed by atoms with van der Waals surface area (Å²) in [6.07, 6.45) is 1.83. The number of carbonyl (C=O) groups excluding carboxylic acids is 1. The first-order chi connectivity index (χ1) is 14.9. The number of hydrogen-bond donors (Lipinski definition) is 4. The molecule has 2 heterocycles. The molecule has 0 aliphatic carbocycles.